The molecule has 1 heterocycles. The van der Waals surface area contributed by atoms with E-state index in [1.54, 1.807) is 25.2 Å². The van der Waals surface area contributed by atoms with Crippen LogP contribution in [0.4, 0.5) is 10.1 Å². The molecule has 19 heavy (non-hydrogen) atoms. The molecule has 0 spiro atoms. The predicted molar refractivity (Wildman–Crippen MR) is 76.9 cm³/mol. The first-order valence-corrected chi connectivity index (χ1v) is 6.71. The largest absolute Gasteiger partial charge is 0.343 e. The Labute approximate surface area is 119 Å². The summed E-state index contributed by atoms with van der Waals surface area (Å²) in [7, 11) is 1.68. The Hall–Kier alpha value is -1.62. The smallest absolute Gasteiger partial charge is 0.274 e. The quantitative estimate of drug-likeness (QED) is 0.845. The first kappa shape index (κ1) is 13.8. The molecule has 0 aliphatic heterocycles. The van der Waals surface area contributed by atoms with E-state index in [1.165, 1.54) is 17.0 Å². The monoisotopic (exact) mass is 324 g/mol. The van der Waals surface area contributed by atoms with Crippen LogP contribution in [0.2, 0.25) is 0 Å². The van der Waals surface area contributed by atoms with E-state index in [2.05, 4.69) is 15.9 Å². The summed E-state index contributed by atoms with van der Waals surface area (Å²) in [6.45, 7) is 2.69. The van der Waals surface area contributed by atoms with Crippen molar-refractivity contribution < 1.29 is 9.18 Å². The second-order valence-corrected chi connectivity index (χ2v) is 5.09. The number of hydrogen-bond donors (Lipinski definition) is 0. The number of nitrogens with zero attached hydrogens (tertiary/aromatic N) is 2. The van der Waals surface area contributed by atoms with E-state index >= 15 is 0 Å². The van der Waals surface area contributed by atoms with Gasteiger partial charge in [-0.3, -0.25) is 4.79 Å². The normalized spacial score (nSPS) is 10.5. The molecule has 0 radical (unpaired) electrons. The third kappa shape index (κ3) is 2.87. The van der Waals surface area contributed by atoms with Crippen molar-refractivity contribution in [2.75, 3.05) is 11.9 Å². The van der Waals surface area contributed by atoms with Gasteiger partial charge < -0.3 is 9.47 Å². The minimum atomic E-state index is -0.315. The second-order valence-electron chi connectivity index (χ2n) is 4.17. The average Bonchev–Trinajstić information content (AvgIpc) is 2.79. The van der Waals surface area contributed by atoms with Crippen molar-refractivity contribution >= 4 is 27.5 Å². The fraction of sp³-hybridized carbons (Fsp3) is 0.214. The van der Waals surface area contributed by atoms with Crippen LogP contribution in [-0.4, -0.2) is 17.5 Å². The molecule has 0 bridgehead atoms. The Morgan fingerprint density at radius 3 is 2.58 bits per heavy atom. The molecular formula is C14H14BrFN2O. The Bertz CT molecular complexity index is 592. The van der Waals surface area contributed by atoms with Crippen molar-refractivity contribution in [2.45, 2.75) is 13.5 Å². The Balaban J connectivity index is 2.30. The van der Waals surface area contributed by atoms with Crippen molar-refractivity contribution in [3.05, 3.63) is 52.5 Å². The van der Waals surface area contributed by atoms with Gasteiger partial charge >= 0.3 is 0 Å². The summed E-state index contributed by atoms with van der Waals surface area (Å²) < 4.78 is 15.6. The number of benzene rings is 1. The molecule has 1 aromatic heterocycles. The molecule has 100 valence electrons. The van der Waals surface area contributed by atoms with Crippen LogP contribution >= 0.6 is 15.9 Å². The van der Waals surface area contributed by atoms with Gasteiger partial charge in [-0.25, -0.2) is 4.39 Å². The minimum Gasteiger partial charge on any atom is -0.343 e. The Morgan fingerprint density at radius 2 is 2.00 bits per heavy atom. The van der Waals surface area contributed by atoms with E-state index in [1.807, 2.05) is 17.7 Å². The molecule has 1 aromatic carbocycles. The third-order valence-corrected chi connectivity index (χ3v) is 3.38. The van der Waals surface area contributed by atoms with Crippen molar-refractivity contribution in [3.63, 3.8) is 0 Å². The number of hydrogen-bond acceptors (Lipinski definition) is 1. The van der Waals surface area contributed by atoms with Gasteiger partial charge in [0.1, 0.15) is 11.5 Å². The number of carbonyl (C=O) groups is 1. The van der Waals surface area contributed by atoms with E-state index in [0.717, 1.165) is 4.47 Å². The van der Waals surface area contributed by atoms with Gasteiger partial charge in [0, 0.05) is 29.9 Å². The summed E-state index contributed by atoms with van der Waals surface area (Å²) in [6, 6.07) is 7.64. The molecule has 0 saturated heterocycles. The first-order chi connectivity index (χ1) is 9.02. The van der Waals surface area contributed by atoms with Crippen LogP contribution in [0, 0.1) is 5.82 Å². The number of amides is 1. The first-order valence-electron chi connectivity index (χ1n) is 5.92. The van der Waals surface area contributed by atoms with Gasteiger partial charge in [0.15, 0.2) is 0 Å². The van der Waals surface area contributed by atoms with Crippen molar-refractivity contribution in [1.29, 1.82) is 0 Å². The molecule has 0 fully saturated rings. The number of anilines is 1. The number of aryl methyl sites for hydroxylation is 1. The zero-order valence-corrected chi connectivity index (χ0v) is 12.3. The maximum Gasteiger partial charge on any atom is 0.274 e. The van der Waals surface area contributed by atoms with Gasteiger partial charge in [0.2, 0.25) is 0 Å². The molecule has 3 nitrogen and oxygen atoms in total. The molecular weight excluding hydrogens is 311 g/mol. The zero-order valence-electron chi connectivity index (χ0n) is 10.7. The molecule has 2 rings (SSSR count). The van der Waals surface area contributed by atoms with Crippen molar-refractivity contribution in [3.8, 4) is 0 Å². The lowest BCUT2D eigenvalue weighted by atomic mass is 10.2. The number of halogens is 2. The molecule has 1 amide bonds. The average molecular weight is 325 g/mol. The summed E-state index contributed by atoms with van der Waals surface area (Å²) in [5, 5.41) is 0. The van der Waals surface area contributed by atoms with Gasteiger partial charge in [-0.15, -0.1) is 0 Å². The molecule has 5 heteroatoms. The molecule has 0 unspecified atom stereocenters. The van der Waals surface area contributed by atoms with E-state index in [-0.39, 0.29) is 11.7 Å². The standard InChI is InChI=1S/C14H14BrFN2O/c1-3-18-9-10(15)8-13(18)14(19)17(2)12-6-4-11(16)5-7-12/h4-9H,3H2,1-2H3. The van der Waals surface area contributed by atoms with Gasteiger partial charge in [-0.1, -0.05) is 0 Å². The van der Waals surface area contributed by atoms with Gasteiger partial charge in [-0.05, 0) is 53.2 Å². The van der Waals surface area contributed by atoms with E-state index in [4.69, 9.17) is 0 Å². The van der Waals surface area contributed by atoms with Crippen LogP contribution in [0.15, 0.2) is 41.0 Å². The van der Waals surface area contributed by atoms with Crippen LogP contribution < -0.4 is 4.90 Å². The summed E-state index contributed by atoms with van der Waals surface area (Å²) in [5.74, 6) is -0.441. The summed E-state index contributed by atoms with van der Waals surface area (Å²) in [6.07, 6.45) is 1.87. The van der Waals surface area contributed by atoms with Crippen molar-refractivity contribution in [2.24, 2.45) is 0 Å². The summed E-state index contributed by atoms with van der Waals surface area (Å²) >= 11 is 3.37. The van der Waals surface area contributed by atoms with Gasteiger partial charge in [-0.2, -0.15) is 0 Å². The van der Waals surface area contributed by atoms with Crippen LogP contribution in [0.25, 0.3) is 0 Å². The molecule has 0 aliphatic carbocycles. The van der Waals surface area contributed by atoms with Crippen molar-refractivity contribution in [1.82, 2.24) is 4.57 Å². The molecule has 0 atom stereocenters. The van der Waals surface area contributed by atoms with Crippen LogP contribution in [0.5, 0.6) is 0 Å². The van der Waals surface area contributed by atoms with Crippen LogP contribution in [0.1, 0.15) is 17.4 Å². The van der Waals surface area contributed by atoms with E-state index < -0.39 is 0 Å². The van der Waals surface area contributed by atoms with Gasteiger partial charge in [0.05, 0.1) is 0 Å². The molecule has 0 N–H and O–H groups in total. The maximum absolute atomic E-state index is 12.9. The fourth-order valence-corrected chi connectivity index (χ4v) is 2.33. The highest BCUT2D eigenvalue weighted by molar-refractivity contribution is 9.10. The lowest BCUT2D eigenvalue weighted by molar-refractivity contribution is 0.0984. The Morgan fingerprint density at radius 1 is 1.37 bits per heavy atom. The van der Waals surface area contributed by atoms with Crippen LogP contribution in [-0.2, 0) is 6.54 Å². The molecule has 0 aliphatic rings. The maximum atomic E-state index is 12.9. The number of aromatic nitrogens is 1. The second kappa shape index (κ2) is 5.57. The van der Waals surface area contributed by atoms with E-state index in [9.17, 15) is 9.18 Å². The third-order valence-electron chi connectivity index (χ3n) is 2.94. The fourth-order valence-electron chi connectivity index (χ4n) is 1.87. The lowest BCUT2D eigenvalue weighted by Crippen LogP contribution is -2.28. The highest BCUT2D eigenvalue weighted by Gasteiger charge is 2.17. The topological polar surface area (TPSA) is 25.2 Å². The van der Waals surface area contributed by atoms with Crippen LogP contribution in [0.3, 0.4) is 0 Å². The van der Waals surface area contributed by atoms with E-state index in [0.29, 0.717) is 17.9 Å². The highest BCUT2D eigenvalue weighted by Crippen LogP contribution is 2.20. The summed E-state index contributed by atoms with van der Waals surface area (Å²) in [4.78, 5) is 13.9. The number of rotatable bonds is 3. The predicted octanol–water partition coefficient (Wildman–Crippen LogP) is 3.69. The zero-order chi connectivity index (χ0) is 14.0. The Kier molecular flexibility index (Phi) is 4.04. The number of carbonyl (C=O) groups excluding carboxylic acids is 1. The molecule has 2 aromatic rings. The van der Waals surface area contributed by atoms with Gasteiger partial charge in [0.25, 0.3) is 5.91 Å². The molecule has 0 saturated carbocycles. The SMILES string of the molecule is CCn1cc(Br)cc1C(=O)N(C)c1ccc(F)cc1. The highest BCUT2D eigenvalue weighted by atomic mass is 79.9. The summed E-state index contributed by atoms with van der Waals surface area (Å²) in [5.41, 5.74) is 1.26. The lowest BCUT2D eigenvalue weighted by Gasteiger charge is -2.18. The minimum absolute atomic E-state index is 0.126.